The Balaban J connectivity index is 2.24. The number of rotatable bonds is 6. The third-order valence-electron chi connectivity index (χ3n) is 2.85. The average molecular weight is 245 g/mol. The van der Waals surface area contributed by atoms with E-state index in [4.69, 9.17) is 0 Å². The molecule has 0 bridgehead atoms. The SMILES string of the molecule is CCCNC(c1ccnnc1)c1cnn(CC)c1. The summed E-state index contributed by atoms with van der Waals surface area (Å²) in [5.74, 6) is 0. The van der Waals surface area contributed by atoms with Crippen LogP contribution in [0.4, 0.5) is 0 Å². The van der Waals surface area contributed by atoms with Gasteiger partial charge in [0.2, 0.25) is 0 Å². The fourth-order valence-electron chi connectivity index (χ4n) is 1.89. The molecule has 5 heteroatoms. The molecule has 0 aliphatic heterocycles. The quantitative estimate of drug-likeness (QED) is 0.843. The van der Waals surface area contributed by atoms with Crippen molar-refractivity contribution in [3.05, 3.63) is 42.0 Å². The van der Waals surface area contributed by atoms with Gasteiger partial charge in [-0.25, -0.2) is 0 Å². The molecule has 0 saturated heterocycles. The summed E-state index contributed by atoms with van der Waals surface area (Å²) >= 11 is 0. The Labute approximate surface area is 107 Å². The maximum absolute atomic E-state index is 4.33. The molecule has 0 fully saturated rings. The summed E-state index contributed by atoms with van der Waals surface area (Å²) in [6, 6.07) is 2.13. The monoisotopic (exact) mass is 245 g/mol. The Morgan fingerprint density at radius 3 is 2.72 bits per heavy atom. The molecule has 1 N–H and O–H groups in total. The van der Waals surface area contributed by atoms with E-state index in [0.29, 0.717) is 0 Å². The molecule has 1 unspecified atom stereocenters. The van der Waals surface area contributed by atoms with Crippen molar-refractivity contribution in [3.63, 3.8) is 0 Å². The van der Waals surface area contributed by atoms with E-state index in [9.17, 15) is 0 Å². The maximum Gasteiger partial charge on any atom is 0.0624 e. The van der Waals surface area contributed by atoms with Crippen LogP contribution in [0.25, 0.3) is 0 Å². The number of nitrogens with zero attached hydrogens (tertiary/aromatic N) is 4. The first-order valence-corrected chi connectivity index (χ1v) is 6.37. The Morgan fingerprint density at radius 2 is 2.11 bits per heavy atom. The predicted molar refractivity (Wildman–Crippen MR) is 70.1 cm³/mol. The number of aryl methyl sites for hydroxylation is 1. The standard InChI is InChI=1S/C13H19N5/c1-3-6-14-13(11-5-7-15-16-8-11)12-9-17-18(4-2)10-12/h5,7-10,13-14H,3-4,6H2,1-2H3. The molecule has 2 aromatic rings. The van der Waals surface area contributed by atoms with Crippen LogP contribution >= 0.6 is 0 Å². The van der Waals surface area contributed by atoms with Crippen molar-refractivity contribution < 1.29 is 0 Å². The van der Waals surface area contributed by atoms with Crippen molar-refractivity contribution in [1.29, 1.82) is 0 Å². The fourth-order valence-corrected chi connectivity index (χ4v) is 1.89. The van der Waals surface area contributed by atoms with Crippen LogP contribution in [0.3, 0.4) is 0 Å². The highest BCUT2D eigenvalue weighted by molar-refractivity contribution is 5.25. The van der Waals surface area contributed by atoms with Crippen LogP contribution in [0, 0.1) is 0 Å². The predicted octanol–water partition coefficient (Wildman–Crippen LogP) is 1.78. The fraction of sp³-hybridized carbons (Fsp3) is 0.462. The number of hydrogen-bond acceptors (Lipinski definition) is 4. The highest BCUT2D eigenvalue weighted by Crippen LogP contribution is 2.20. The molecule has 0 spiro atoms. The first kappa shape index (κ1) is 12.7. The summed E-state index contributed by atoms with van der Waals surface area (Å²) in [5, 5.41) is 15.6. The molecule has 0 radical (unpaired) electrons. The van der Waals surface area contributed by atoms with Crippen LogP contribution < -0.4 is 5.32 Å². The van der Waals surface area contributed by atoms with E-state index < -0.39 is 0 Å². The smallest absolute Gasteiger partial charge is 0.0624 e. The van der Waals surface area contributed by atoms with Gasteiger partial charge in [-0.05, 0) is 31.5 Å². The zero-order valence-electron chi connectivity index (χ0n) is 10.9. The molecule has 0 amide bonds. The minimum absolute atomic E-state index is 0.140. The molecule has 96 valence electrons. The maximum atomic E-state index is 4.33. The van der Waals surface area contributed by atoms with Crippen LogP contribution in [0.5, 0.6) is 0 Å². The normalized spacial score (nSPS) is 12.6. The molecule has 0 saturated carbocycles. The van der Waals surface area contributed by atoms with Gasteiger partial charge in [0, 0.05) is 24.5 Å². The molecule has 2 aromatic heterocycles. The lowest BCUT2D eigenvalue weighted by molar-refractivity contribution is 0.593. The lowest BCUT2D eigenvalue weighted by Crippen LogP contribution is -2.23. The molecule has 1 atom stereocenters. The molecule has 0 aromatic carbocycles. The Bertz CT molecular complexity index is 465. The van der Waals surface area contributed by atoms with Gasteiger partial charge in [-0.2, -0.15) is 15.3 Å². The minimum Gasteiger partial charge on any atom is -0.306 e. The zero-order chi connectivity index (χ0) is 12.8. The number of aromatic nitrogens is 4. The van der Waals surface area contributed by atoms with Gasteiger partial charge in [0.05, 0.1) is 18.4 Å². The molecule has 2 rings (SSSR count). The lowest BCUT2D eigenvalue weighted by atomic mass is 10.0. The third-order valence-corrected chi connectivity index (χ3v) is 2.85. The summed E-state index contributed by atoms with van der Waals surface area (Å²) in [5.41, 5.74) is 2.28. The van der Waals surface area contributed by atoms with E-state index in [1.807, 2.05) is 16.9 Å². The molecule has 0 aliphatic rings. The highest BCUT2D eigenvalue weighted by Gasteiger charge is 2.15. The van der Waals surface area contributed by atoms with E-state index >= 15 is 0 Å². The highest BCUT2D eigenvalue weighted by atomic mass is 15.3. The van der Waals surface area contributed by atoms with Gasteiger partial charge in [-0.15, -0.1) is 0 Å². The summed E-state index contributed by atoms with van der Waals surface area (Å²) < 4.78 is 1.94. The minimum atomic E-state index is 0.140. The Kier molecular flexibility index (Phi) is 4.41. The summed E-state index contributed by atoms with van der Waals surface area (Å²) in [4.78, 5) is 0. The van der Waals surface area contributed by atoms with E-state index in [1.165, 1.54) is 5.56 Å². The van der Waals surface area contributed by atoms with Gasteiger partial charge in [-0.3, -0.25) is 4.68 Å². The van der Waals surface area contributed by atoms with Crippen LogP contribution in [0.1, 0.15) is 37.4 Å². The van der Waals surface area contributed by atoms with E-state index in [1.54, 1.807) is 12.4 Å². The zero-order valence-corrected chi connectivity index (χ0v) is 10.9. The van der Waals surface area contributed by atoms with Crippen LogP contribution in [0.2, 0.25) is 0 Å². The Hall–Kier alpha value is -1.75. The van der Waals surface area contributed by atoms with Gasteiger partial charge < -0.3 is 5.32 Å². The van der Waals surface area contributed by atoms with E-state index in [0.717, 1.165) is 25.1 Å². The van der Waals surface area contributed by atoms with E-state index in [-0.39, 0.29) is 6.04 Å². The number of hydrogen-bond donors (Lipinski definition) is 1. The molecule has 18 heavy (non-hydrogen) atoms. The second-order valence-corrected chi connectivity index (χ2v) is 4.19. The second-order valence-electron chi connectivity index (χ2n) is 4.19. The van der Waals surface area contributed by atoms with Crippen LogP contribution in [-0.2, 0) is 6.54 Å². The largest absolute Gasteiger partial charge is 0.306 e. The molecule has 2 heterocycles. The van der Waals surface area contributed by atoms with Gasteiger partial charge in [0.1, 0.15) is 0 Å². The van der Waals surface area contributed by atoms with Gasteiger partial charge in [-0.1, -0.05) is 6.92 Å². The lowest BCUT2D eigenvalue weighted by Gasteiger charge is -2.16. The Morgan fingerprint density at radius 1 is 1.22 bits per heavy atom. The van der Waals surface area contributed by atoms with Gasteiger partial charge in [0.25, 0.3) is 0 Å². The van der Waals surface area contributed by atoms with E-state index in [2.05, 4.69) is 40.7 Å². The molecule has 5 nitrogen and oxygen atoms in total. The number of nitrogens with one attached hydrogen (secondary N) is 1. The first-order chi connectivity index (χ1) is 8.85. The molecular weight excluding hydrogens is 226 g/mol. The van der Waals surface area contributed by atoms with Crippen molar-refractivity contribution in [2.24, 2.45) is 0 Å². The summed E-state index contributed by atoms with van der Waals surface area (Å²) in [6.45, 7) is 6.09. The average Bonchev–Trinajstić information content (AvgIpc) is 2.89. The van der Waals surface area contributed by atoms with Crippen molar-refractivity contribution >= 4 is 0 Å². The van der Waals surface area contributed by atoms with Crippen molar-refractivity contribution in [1.82, 2.24) is 25.3 Å². The van der Waals surface area contributed by atoms with Crippen LogP contribution in [-0.4, -0.2) is 26.5 Å². The van der Waals surface area contributed by atoms with Crippen molar-refractivity contribution in [3.8, 4) is 0 Å². The van der Waals surface area contributed by atoms with Gasteiger partial charge >= 0.3 is 0 Å². The summed E-state index contributed by atoms with van der Waals surface area (Å²) in [7, 11) is 0. The van der Waals surface area contributed by atoms with Gasteiger partial charge in [0.15, 0.2) is 0 Å². The molecular formula is C13H19N5. The summed E-state index contributed by atoms with van der Waals surface area (Å²) in [6.07, 6.45) is 8.61. The van der Waals surface area contributed by atoms with Crippen molar-refractivity contribution in [2.75, 3.05) is 6.54 Å². The first-order valence-electron chi connectivity index (χ1n) is 6.37. The van der Waals surface area contributed by atoms with Crippen LogP contribution in [0.15, 0.2) is 30.9 Å². The molecule has 0 aliphatic carbocycles. The second kappa shape index (κ2) is 6.26. The third kappa shape index (κ3) is 2.92. The van der Waals surface area contributed by atoms with Crippen molar-refractivity contribution in [2.45, 2.75) is 32.9 Å². The topological polar surface area (TPSA) is 55.6 Å².